The highest BCUT2D eigenvalue weighted by atomic mass is 35.5. The van der Waals surface area contributed by atoms with E-state index in [9.17, 15) is 13.2 Å². The highest BCUT2D eigenvalue weighted by Gasteiger charge is 2.36. The third-order valence-electron chi connectivity index (χ3n) is 8.23. The van der Waals surface area contributed by atoms with Gasteiger partial charge >= 0.3 is 6.09 Å². The van der Waals surface area contributed by atoms with Gasteiger partial charge < -0.3 is 18.9 Å². The number of carbonyl (C=O) groups excluding carboxylic acids is 1. The van der Waals surface area contributed by atoms with E-state index in [4.69, 9.17) is 26.1 Å². The monoisotopic (exact) mass is 626 g/mol. The van der Waals surface area contributed by atoms with Gasteiger partial charge in [-0.2, -0.15) is 0 Å². The Balaban J connectivity index is 1.36. The van der Waals surface area contributed by atoms with Gasteiger partial charge in [-0.25, -0.2) is 22.9 Å². The molecule has 4 heterocycles. The van der Waals surface area contributed by atoms with Crippen LogP contribution in [0.25, 0.3) is 11.6 Å². The van der Waals surface area contributed by atoms with Crippen LogP contribution in [0.1, 0.15) is 53.0 Å². The molecule has 0 spiro atoms. The molecule has 1 aliphatic carbocycles. The molecular formula is C30H35ClN6O5S. The minimum atomic E-state index is -3.62. The summed E-state index contributed by atoms with van der Waals surface area (Å²) in [4.78, 5) is 26.1. The van der Waals surface area contributed by atoms with E-state index in [2.05, 4.69) is 14.6 Å². The van der Waals surface area contributed by atoms with E-state index in [0.717, 1.165) is 47.1 Å². The number of nitrogens with zero attached hydrogens (tertiary/aromatic N) is 5. The van der Waals surface area contributed by atoms with Crippen LogP contribution in [0, 0.1) is 0 Å². The predicted octanol–water partition coefficient (Wildman–Crippen LogP) is 3.64. The Bertz CT molecular complexity index is 1630. The highest BCUT2D eigenvalue weighted by Crippen LogP contribution is 2.44. The molecule has 43 heavy (non-hydrogen) atoms. The topological polar surface area (TPSA) is 119 Å². The molecule has 3 aromatic rings. The largest absolute Gasteiger partial charge is 0.446 e. The lowest BCUT2D eigenvalue weighted by atomic mass is 9.90. The average Bonchev–Trinajstić information content (AvgIpc) is 3.36. The molecule has 0 radical (unpaired) electrons. The van der Waals surface area contributed by atoms with Gasteiger partial charge in [-0.3, -0.25) is 9.88 Å². The van der Waals surface area contributed by atoms with E-state index in [1.54, 1.807) is 28.2 Å². The zero-order valence-corrected chi connectivity index (χ0v) is 25.7. The van der Waals surface area contributed by atoms with Crippen molar-refractivity contribution in [3.8, 4) is 0 Å². The van der Waals surface area contributed by atoms with Gasteiger partial charge in [0.1, 0.15) is 6.10 Å². The first-order valence-electron chi connectivity index (χ1n) is 14.3. The molecule has 1 aromatic carbocycles. The van der Waals surface area contributed by atoms with Gasteiger partial charge in [0, 0.05) is 57.3 Å². The first kappa shape index (κ1) is 29.8. The first-order valence-corrected chi connectivity index (χ1v) is 16.6. The fourth-order valence-electron chi connectivity index (χ4n) is 6.11. The summed E-state index contributed by atoms with van der Waals surface area (Å²) in [6.07, 6.45) is 9.28. The summed E-state index contributed by atoms with van der Waals surface area (Å²) in [5.41, 5.74) is 4.92. The van der Waals surface area contributed by atoms with Crippen LogP contribution in [0.15, 0.2) is 49.1 Å². The number of rotatable bonds is 6. The van der Waals surface area contributed by atoms with Crippen LogP contribution < -0.4 is 4.72 Å². The number of sulfonamides is 1. The van der Waals surface area contributed by atoms with Gasteiger partial charge in [0.25, 0.3) is 0 Å². The number of hydrogen-bond donors (Lipinski definition) is 1. The van der Waals surface area contributed by atoms with E-state index in [1.165, 1.54) is 0 Å². The number of hydrogen-bond acceptors (Lipinski definition) is 8. The van der Waals surface area contributed by atoms with Crippen molar-refractivity contribution in [1.29, 1.82) is 0 Å². The molecule has 3 aliphatic rings. The Labute approximate surface area is 256 Å². The number of benzene rings is 1. The molecule has 1 N–H and O–H groups in total. The number of piperazine rings is 1. The Kier molecular flexibility index (Phi) is 8.56. The normalized spacial score (nSPS) is 20.5. The molecule has 2 saturated heterocycles. The van der Waals surface area contributed by atoms with Gasteiger partial charge in [0.2, 0.25) is 10.0 Å². The number of carbonyl (C=O) groups is 1. The SMILES string of the molecule is Cn1cncc1C(NS(C)(=O)=O)C1=Cc2cccnc2[C@@H](N2CCN(C(=O)OC3CCOCC3)CC2)c2ccc(Cl)cc21. The maximum absolute atomic E-state index is 13.0. The van der Waals surface area contributed by atoms with Crippen LogP contribution in [0.3, 0.4) is 0 Å². The van der Waals surface area contributed by atoms with E-state index >= 15 is 0 Å². The standard InChI is InChI=1S/C30H35ClN6O5S/c1-35-19-32-18-26(35)28(34-43(2,39)40)25-16-20-4-3-9-33-27(20)29(23-6-5-21(31)17-24(23)25)36-10-12-37(13-11-36)30(38)42-22-7-14-41-15-8-22/h3-6,9,16-19,22,28-29,34H,7-8,10-15H2,1-2H3/t28?,29-/m0/s1. The van der Waals surface area contributed by atoms with Crippen molar-refractivity contribution in [2.75, 3.05) is 45.6 Å². The van der Waals surface area contributed by atoms with Crippen molar-refractivity contribution in [2.45, 2.75) is 31.0 Å². The Morgan fingerprint density at radius 3 is 2.63 bits per heavy atom. The van der Waals surface area contributed by atoms with E-state index in [0.29, 0.717) is 50.1 Å². The van der Waals surface area contributed by atoms with E-state index in [1.807, 2.05) is 43.5 Å². The average molecular weight is 627 g/mol. The van der Waals surface area contributed by atoms with Crippen molar-refractivity contribution in [1.82, 2.24) is 29.1 Å². The summed E-state index contributed by atoms with van der Waals surface area (Å²) in [6.45, 7) is 3.46. The molecule has 228 valence electrons. The summed E-state index contributed by atoms with van der Waals surface area (Å²) in [5, 5.41) is 0.533. The molecule has 6 rings (SSSR count). The fraction of sp³-hybridized carbons (Fsp3) is 0.433. The number of amides is 1. The zero-order valence-electron chi connectivity index (χ0n) is 24.1. The number of ether oxygens (including phenoxy) is 2. The lowest BCUT2D eigenvalue weighted by Gasteiger charge is -2.40. The number of halogens is 1. The smallest absolute Gasteiger partial charge is 0.410 e. The number of aromatic nitrogens is 3. The lowest BCUT2D eigenvalue weighted by Crippen LogP contribution is -2.51. The lowest BCUT2D eigenvalue weighted by molar-refractivity contribution is -0.0155. The van der Waals surface area contributed by atoms with Gasteiger partial charge in [-0.05, 0) is 46.5 Å². The van der Waals surface area contributed by atoms with Crippen molar-refractivity contribution in [2.24, 2.45) is 7.05 Å². The molecule has 13 heteroatoms. The number of fused-ring (bicyclic) bond motifs is 2. The summed E-state index contributed by atoms with van der Waals surface area (Å²) >= 11 is 6.59. The summed E-state index contributed by atoms with van der Waals surface area (Å²) in [5.74, 6) is 0. The van der Waals surface area contributed by atoms with Crippen LogP contribution in [0.4, 0.5) is 4.79 Å². The minimum absolute atomic E-state index is 0.105. The number of imidazole rings is 1. The number of nitrogens with one attached hydrogen (secondary N) is 1. The van der Waals surface area contributed by atoms with Crippen molar-refractivity contribution < 1.29 is 22.7 Å². The molecular weight excluding hydrogens is 592 g/mol. The molecule has 1 amide bonds. The Morgan fingerprint density at radius 2 is 1.93 bits per heavy atom. The third-order valence-corrected chi connectivity index (χ3v) is 9.13. The van der Waals surface area contributed by atoms with Gasteiger partial charge in [0.15, 0.2) is 0 Å². The predicted molar refractivity (Wildman–Crippen MR) is 163 cm³/mol. The third kappa shape index (κ3) is 6.48. The summed E-state index contributed by atoms with van der Waals surface area (Å²) in [7, 11) is -1.79. The molecule has 0 saturated carbocycles. The summed E-state index contributed by atoms with van der Waals surface area (Å²) in [6, 6.07) is 8.61. The summed E-state index contributed by atoms with van der Waals surface area (Å²) < 4.78 is 41.1. The quantitative estimate of drug-likeness (QED) is 0.441. The second-order valence-electron chi connectivity index (χ2n) is 11.2. The second kappa shape index (κ2) is 12.4. The van der Waals surface area contributed by atoms with E-state index in [-0.39, 0.29) is 18.2 Å². The van der Waals surface area contributed by atoms with Crippen LogP contribution in [-0.4, -0.2) is 90.6 Å². The van der Waals surface area contributed by atoms with Crippen molar-refractivity contribution in [3.63, 3.8) is 0 Å². The second-order valence-corrected chi connectivity index (χ2v) is 13.4. The zero-order chi connectivity index (χ0) is 30.1. The fourth-order valence-corrected chi connectivity index (χ4v) is 6.96. The van der Waals surface area contributed by atoms with E-state index < -0.39 is 16.1 Å². The van der Waals surface area contributed by atoms with Crippen molar-refractivity contribution in [3.05, 3.63) is 82.2 Å². The highest BCUT2D eigenvalue weighted by molar-refractivity contribution is 7.88. The van der Waals surface area contributed by atoms with Crippen LogP contribution in [0.2, 0.25) is 5.02 Å². The molecule has 2 aromatic heterocycles. The van der Waals surface area contributed by atoms with Crippen LogP contribution in [0.5, 0.6) is 0 Å². The number of aryl methyl sites for hydroxylation is 1. The van der Waals surface area contributed by atoms with Gasteiger partial charge in [-0.15, -0.1) is 0 Å². The van der Waals surface area contributed by atoms with Crippen LogP contribution >= 0.6 is 11.6 Å². The molecule has 2 fully saturated rings. The molecule has 2 atom stereocenters. The minimum Gasteiger partial charge on any atom is -0.446 e. The van der Waals surface area contributed by atoms with Gasteiger partial charge in [-0.1, -0.05) is 23.7 Å². The Morgan fingerprint density at radius 1 is 1.16 bits per heavy atom. The number of pyridine rings is 1. The molecule has 11 nitrogen and oxygen atoms in total. The Hall–Kier alpha value is -3.29. The maximum Gasteiger partial charge on any atom is 0.410 e. The van der Waals surface area contributed by atoms with Gasteiger partial charge in [0.05, 0.1) is 55.5 Å². The first-order chi connectivity index (χ1) is 20.7. The van der Waals surface area contributed by atoms with Crippen molar-refractivity contribution >= 4 is 39.4 Å². The molecule has 0 bridgehead atoms. The molecule has 1 unspecified atom stereocenters. The maximum atomic E-state index is 13.0. The molecule has 2 aliphatic heterocycles. The van der Waals surface area contributed by atoms with Crippen LogP contribution in [-0.2, 0) is 26.5 Å².